The number of esters is 1. The van der Waals surface area contributed by atoms with Gasteiger partial charge in [-0.3, -0.25) is 4.79 Å². The second-order valence-corrected chi connectivity index (χ2v) is 11.1. The Hall–Kier alpha value is -1.44. The molecule has 166 valence electrons. The predicted octanol–water partition coefficient (Wildman–Crippen LogP) is 3.51. The van der Waals surface area contributed by atoms with Crippen molar-refractivity contribution >= 4 is 30.2 Å². The number of hydrogen-bond donors (Lipinski definition) is 0. The predicted molar refractivity (Wildman–Crippen MR) is 113 cm³/mol. The molecule has 2 aliphatic rings. The van der Waals surface area contributed by atoms with Crippen molar-refractivity contribution in [3.63, 3.8) is 0 Å². The summed E-state index contributed by atoms with van der Waals surface area (Å²) < 4.78 is 10.8. The largest absolute Gasteiger partial charge is 0.464 e. The maximum Gasteiger partial charge on any atom is 0.410 e. The molecule has 0 saturated carbocycles. The van der Waals surface area contributed by atoms with Crippen LogP contribution in [0.4, 0.5) is 4.79 Å². The standard InChI is InChI=1S/C21H36N2O5S/c1-8-27-17(25)15-16(29-18(20(2,3)4)23(15)13-24)14-9-11-22(12-10-14)19(26)28-21(5,6)7/h13-16,18H,8-12H2,1-7H3/t15?,16?,18-/m1/s1. The van der Waals surface area contributed by atoms with Crippen LogP contribution < -0.4 is 0 Å². The zero-order chi connectivity index (χ0) is 22.0. The zero-order valence-electron chi connectivity index (χ0n) is 18.8. The Labute approximate surface area is 178 Å². The van der Waals surface area contributed by atoms with Crippen LogP contribution in [-0.4, -0.2) is 70.2 Å². The van der Waals surface area contributed by atoms with E-state index in [1.807, 2.05) is 20.8 Å². The number of carbonyl (C=O) groups excluding carboxylic acids is 3. The molecule has 0 aromatic heterocycles. The normalized spacial score (nSPS) is 26.4. The molecule has 0 aliphatic carbocycles. The molecule has 29 heavy (non-hydrogen) atoms. The molecule has 2 amide bonds. The maximum absolute atomic E-state index is 12.7. The van der Waals surface area contributed by atoms with Gasteiger partial charge in [-0.25, -0.2) is 9.59 Å². The van der Waals surface area contributed by atoms with Crippen LogP contribution >= 0.6 is 11.8 Å². The second kappa shape index (κ2) is 9.14. The van der Waals surface area contributed by atoms with E-state index in [4.69, 9.17) is 9.47 Å². The van der Waals surface area contributed by atoms with Gasteiger partial charge in [0.25, 0.3) is 0 Å². The lowest BCUT2D eigenvalue weighted by molar-refractivity contribution is -0.152. The van der Waals surface area contributed by atoms with Crippen LogP contribution in [0.1, 0.15) is 61.3 Å². The fraction of sp³-hybridized carbons (Fsp3) is 0.857. The van der Waals surface area contributed by atoms with E-state index in [0.29, 0.717) is 13.1 Å². The Morgan fingerprint density at radius 2 is 1.69 bits per heavy atom. The Bertz CT molecular complexity index is 605. The van der Waals surface area contributed by atoms with Gasteiger partial charge in [0.1, 0.15) is 11.6 Å². The molecule has 2 unspecified atom stereocenters. The Morgan fingerprint density at radius 1 is 1.10 bits per heavy atom. The van der Waals surface area contributed by atoms with Crippen LogP contribution in [0, 0.1) is 11.3 Å². The summed E-state index contributed by atoms with van der Waals surface area (Å²) in [4.78, 5) is 40.4. The van der Waals surface area contributed by atoms with Gasteiger partial charge in [0.2, 0.25) is 6.41 Å². The van der Waals surface area contributed by atoms with Crippen LogP contribution in [0.15, 0.2) is 0 Å². The molecule has 0 bridgehead atoms. The Kier molecular flexibility index (Phi) is 7.52. The van der Waals surface area contributed by atoms with Gasteiger partial charge in [-0.2, -0.15) is 0 Å². The number of piperidine rings is 1. The first-order valence-electron chi connectivity index (χ1n) is 10.4. The maximum atomic E-state index is 12.7. The monoisotopic (exact) mass is 428 g/mol. The van der Waals surface area contributed by atoms with Crippen LogP contribution in [0.5, 0.6) is 0 Å². The highest BCUT2D eigenvalue weighted by Crippen LogP contribution is 2.48. The van der Waals surface area contributed by atoms with Crippen molar-refractivity contribution in [2.45, 2.75) is 83.6 Å². The van der Waals surface area contributed by atoms with E-state index in [9.17, 15) is 14.4 Å². The van der Waals surface area contributed by atoms with Crippen LogP contribution in [0.3, 0.4) is 0 Å². The quantitative estimate of drug-likeness (QED) is 0.504. The molecule has 0 aromatic carbocycles. The first-order chi connectivity index (χ1) is 13.4. The number of carbonyl (C=O) groups is 3. The minimum absolute atomic E-state index is 0.0377. The number of likely N-dealkylation sites (tertiary alicyclic amines) is 1. The van der Waals surface area contributed by atoms with Gasteiger partial charge in [0.05, 0.1) is 12.0 Å². The van der Waals surface area contributed by atoms with Crippen molar-refractivity contribution in [1.29, 1.82) is 0 Å². The first kappa shape index (κ1) is 23.8. The third-order valence-corrected chi connectivity index (χ3v) is 7.40. The molecule has 0 aromatic rings. The molecular weight excluding hydrogens is 392 g/mol. The molecule has 2 fully saturated rings. The molecule has 3 atom stereocenters. The van der Waals surface area contributed by atoms with Crippen LogP contribution in [0.25, 0.3) is 0 Å². The molecule has 2 saturated heterocycles. The van der Waals surface area contributed by atoms with E-state index in [2.05, 4.69) is 20.8 Å². The minimum Gasteiger partial charge on any atom is -0.464 e. The highest BCUT2D eigenvalue weighted by molar-refractivity contribution is 8.00. The molecule has 2 heterocycles. The summed E-state index contributed by atoms with van der Waals surface area (Å²) in [7, 11) is 0. The molecule has 0 spiro atoms. The van der Waals surface area contributed by atoms with Gasteiger partial charge in [0.15, 0.2) is 0 Å². The summed E-state index contributed by atoms with van der Waals surface area (Å²) in [6.07, 6.45) is 2.05. The number of ether oxygens (including phenoxy) is 2. The van der Waals surface area contributed by atoms with E-state index in [1.54, 1.807) is 28.5 Å². The number of nitrogens with zero attached hydrogens (tertiary/aromatic N) is 2. The van der Waals surface area contributed by atoms with Crippen molar-refractivity contribution in [2.24, 2.45) is 11.3 Å². The lowest BCUT2D eigenvalue weighted by Gasteiger charge is -2.36. The molecule has 8 heteroatoms. The number of thioether (sulfide) groups is 1. The Morgan fingerprint density at radius 3 is 2.14 bits per heavy atom. The molecule has 0 radical (unpaired) electrons. The van der Waals surface area contributed by atoms with Gasteiger partial charge >= 0.3 is 12.1 Å². The summed E-state index contributed by atoms with van der Waals surface area (Å²) in [6.45, 7) is 15.1. The fourth-order valence-electron chi connectivity index (χ4n) is 3.97. The summed E-state index contributed by atoms with van der Waals surface area (Å²) in [5.74, 6) is -0.110. The smallest absolute Gasteiger partial charge is 0.410 e. The van der Waals surface area contributed by atoms with E-state index >= 15 is 0 Å². The first-order valence-corrected chi connectivity index (χ1v) is 11.4. The number of hydrogen-bond acceptors (Lipinski definition) is 6. The van der Waals surface area contributed by atoms with Gasteiger partial charge in [-0.15, -0.1) is 11.8 Å². The lowest BCUT2D eigenvalue weighted by atomic mass is 9.88. The molecule has 2 aliphatic heterocycles. The SMILES string of the molecule is CCOC(=O)C1C(C2CCN(C(=O)OC(C)(C)C)CC2)S[C@H](C(C)(C)C)N1C=O. The van der Waals surface area contributed by atoms with Gasteiger partial charge in [-0.05, 0) is 51.9 Å². The summed E-state index contributed by atoms with van der Waals surface area (Å²) in [5.41, 5.74) is -0.684. The molecule has 7 nitrogen and oxygen atoms in total. The fourth-order valence-corrected chi connectivity index (χ4v) is 5.89. The van der Waals surface area contributed by atoms with Gasteiger partial charge < -0.3 is 19.3 Å². The summed E-state index contributed by atoms with van der Waals surface area (Å²) >= 11 is 1.70. The topological polar surface area (TPSA) is 76.2 Å². The average Bonchev–Trinajstić information content (AvgIpc) is 3.00. The van der Waals surface area contributed by atoms with E-state index < -0.39 is 11.6 Å². The van der Waals surface area contributed by atoms with Crippen molar-refractivity contribution in [1.82, 2.24) is 9.80 Å². The minimum atomic E-state index is -0.584. The summed E-state index contributed by atoms with van der Waals surface area (Å²) in [5, 5.41) is -0.132. The highest BCUT2D eigenvalue weighted by atomic mass is 32.2. The lowest BCUT2D eigenvalue weighted by Crippen LogP contribution is -2.50. The summed E-state index contributed by atoms with van der Waals surface area (Å²) in [6, 6.07) is -0.584. The van der Waals surface area contributed by atoms with Crippen molar-refractivity contribution in [3.05, 3.63) is 0 Å². The zero-order valence-corrected chi connectivity index (χ0v) is 19.6. The van der Waals surface area contributed by atoms with Crippen molar-refractivity contribution in [2.75, 3.05) is 19.7 Å². The molecular formula is C21H36N2O5S. The van der Waals surface area contributed by atoms with Gasteiger partial charge in [0, 0.05) is 18.3 Å². The molecule has 0 N–H and O–H groups in total. The van der Waals surface area contributed by atoms with Crippen molar-refractivity contribution in [3.8, 4) is 0 Å². The second-order valence-electron chi connectivity index (χ2n) is 9.87. The van der Waals surface area contributed by atoms with Crippen molar-refractivity contribution < 1.29 is 23.9 Å². The van der Waals surface area contributed by atoms with E-state index in [1.165, 1.54) is 0 Å². The highest BCUT2D eigenvalue weighted by Gasteiger charge is 2.52. The van der Waals surface area contributed by atoms with E-state index in [0.717, 1.165) is 19.3 Å². The number of amides is 2. The third-order valence-electron chi connectivity index (χ3n) is 5.24. The number of rotatable bonds is 4. The average molecular weight is 429 g/mol. The van der Waals surface area contributed by atoms with Gasteiger partial charge in [-0.1, -0.05) is 20.8 Å². The molecule has 2 rings (SSSR count). The van der Waals surface area contributed by atoms with E-state index in [-0.39, 0.29) is 40.6 Å². The van der Waals surface area contributed by atoms with Crippen LogP contribution in [0.2, 0.25) is 0 Å². The third kappa shape index (κ3) is 5.80. The Balaban J connectivity index is 2.14. The van der Waals surface area contributed by atoms with Crippen LogP contribution in [-0.2, 0) is 19.1 Å².